The van der Waals surface area contributed by atoms with Gasteiger partial charge in [0.25, 0.3) is 5.89 Å². The number of aryl methyl sites for hydroxylation is 2. The Morgan fingerprint density at radius 1 is 1.14 bits per heavy atom. The number of carbonyl (C=O) groups is 1. The molecule has 3 aromatic rings. The summed E-state index contributed by atoms with van der Waals surface area (Å²) < 4.78 is 22.3. The van der Waals surface area contributed by atoms with Crippen LogP contribution in [0.2, 0.25) is 0 Å². The molecule has 0 unspecified atom stereocenters. The minimum Gasteiger partial charge on any atom is -0.493 e. The number of benzene rings is 1. The average molecular weight is 399 g/mol. The third-order valence-electron chi connectivity index (χ3n) is 4.44. The van der Waals surface area contributed by atoms with Crippen LogP contribution in [0.15, 0.2) is 45.2 Å². The minimum absolute atomic E-state index is 0.316. The molecule has 2 aromatic heterocycles. The van der Waals surface area contributed by atoms with Crippen molar-refractivity contribution in [1.82, 2.24) is 4.98 Å². The van der Waals surface area contributed by atoms with E-state index in [1.165, 1.54) is 0 Å². The van der Waals surface area contributed by atoms with Gasteiger partial charge >= 0.3 is 5.97 Å². The van der Waals surface area contributed by atoms with Crippen LogP contribution in [0.4, 0.5) is 0 Å². The molecule has 0 aliphatic carbocycles. The average Bonchev–Trinajstić information content (AvgIpc) is 3.28. The molecule has 0 radical (unpaired) electrons. The summed E-state index contributed by atoms with van der Waals surface area (Å²) in [5.74, 6) is 2.38. The first kappa shape index (κ1) is 20.7. The molecule has 0 fully saturated rings. The van der Waals surface area contributed by atoms with Gasteiger partial charge in [-0.15, -0.1) is 0 Å². The summed E-state index contributed by atoms with van der Waals surface area (Å²) in [6.45, 7) is 6.33. The van der Waals surface area contributed by atoms with Crippen LogP contribution in [-0.2, 0) is 22.4 Å². The Morgan fingerprint density at radius 2 is 1.90 bits per heavy atom. The zero-order chi connectivity index (χ0) is 20.8. The highest BCUT2D eigenvalue weighted by Gasteiger charge is 2.18. The number of rotatable bonds is 10. The van der Waals surface area contributed by atoms with Crippen LogP contribution in [-0.4, -0.2) is 35.4 Å². The van der Waals surface area contributed by atoms with Gasteiger partial charge in [0.05, 0.1) is 12.3 Å². The Balaban J connectivity index is 1.53. The van der Waals surface area contributed by atoms with Crippen LogP contribution in [0.1, 0.15) is 29.7 Å². The maximum absolute atomic E-state index is 11.2. The van der Waals surface area contributed by atoms with Gasteiger partial charge in [-0.1, -0.05) is 12.1 Å². The molecule has 0 amide bonds. The van der Waals surface area contributed by atoms with E-state index in [-0.39, 0.29) is 0 Å². The fourth-order valence-corrected chi connectivity index (χ4v) is 2.93. The summed E-state index contributed by atoms with van der Waals surface area (Å²) in [4.78, 5) is 15.7. The lowest BCUT2D eigenvalue weighted by molar-refractivity contribution is -0.149. The van der Waals surface area contributed by atoms with E-state index in [0.717, 1.165) is 22.8 Å². The van der Waals surface area contributed by atoms with Gasteiger partial charge in [-0.25, -0.2) is 9.78 Å². The Labute approximate surface area is 169 Å². The summed E-state index contributed by atoms with van der Waals surface area (Å²) in [7, 11) is 0. The van der Waals surface area contributed by atoms with Crippen molar-refractivity contribution in [1.29, 1.82) is 0 Å². The number of hydrogen-bond donors (Lipinski definition) is 1. The molecule has 0 saturated carbocycles. The predicted octanol–water partition coefficient (Wildman–Crippen LogP) is 4.21. The molecule has 0 spiro atoms. The van der Waals surface area contributed by atoms with Gasteiger partial charge in [0.2, 0.25) is 0 Å². The van der Waals surface area contributed by atoms with Gasteiger partial charge in [-0.2, -0.15) is 0 Å². The maximum atomic E-state index is 11.2. The number of aliphatic carboxylic acids is 1. The number of furan rings is 1. The third-order valence-corrected chi connectivity index (χ3v) is 4.44. The molecular formula is C22H25NO6. The second-order valence-corrected chi connectivity index (χ2v) is 6.66. The van der Waals surface area contributed by atoms with Crippen molar-refractivity contribution < 1.29 is 28.2 Å². The van der Waals surface area contributed by atoms with E-state index in [2.05, 4.69) is 4.98 Å². The lowest BCUT2D eigenvalue weighted by Crippen LogP contribution is -2.26. The Kier molecular flexibility index (Phi) is 6.72. The van der Waals surface area contributed by atoms with E-state index in [9.17, 15) is 9.90 Å². The van der Waals surface area contributed by atoms with Crippen LogP contribution in [0.5, 0.6) is 5.75 Å². The summed E-state index contributed by atoms with van der Waals surface area (Å²) in [6, 6.07) is 11.1. The van der Waals surface area contributed by atoms with Crippen molar-refractivity contribution in [3.8, 4) is 17.4 Å². The highest BCUT2D eigenvalue weighted by molar-refractivity contribution is 5.72. The topological polar surface area (TPSA) is 94.9 Å². The Morgan fingerprint density at radius 3 is 2.52 bits per heavy atom. The fraction of sp³-hybridized carbons (Fsp3) is 0.364. The molecular weight excluding hydrogens is 374 g/mol. The third kappa shape index (κ3) is 5.48. The van der Waals surface area contributed by atoms with E-state index in [0.29, 0.717) is 43.5 Å². The predicted molar refractivity (Wildman–Crippen MR) is 106 cm³/mol. The van der Waals surface area contributed by atoms with Crippen molar-refractivity contribution >= 4 is 5.97 Å². The molecule has 1 atom stereocenters. The number of carboxylic acids is 1. The second kappa shape index (κ2) is 9.43. The molecule has 154 valence electrons. The van der Waals surface area contributed by atoms with E-state index in [4.69, 9.17) is 18.3 Å². The van der Waals surface area contributed by atoms with Crippen LogP contribution in [0.25, 0.3) is 11.7 Å². The van der Waals surface area contributed by atoms with Crippen molar-refractivity contribution in [2.75, 3.05) is 13.2 Å². The SMILES string of the molecule is CCO[C@@H](Cc1ccc(OCCc2nc(-c3ccc(C)o3)oc2C)cc1)C(=O)O. The van der Waals surface area contributed by atoms with E-state index in [1.807, 2.05) is 50.2 Å². The van der Waals surface area contributed by atoms with Crippen LogP contribution in [0.3, 0.4) is 0 Å². The van der Waals surface area contributed by atoms with Gasteiger partial charge in [0.1, 0.15) is 17.3 Å². The molecule has 7 nitrogen and oxygen atoms in total. The quantitative estimate of drug-likeness (QED) is 0.546. The molecule has 1 N–H and O–H groups in total. The van der Waals surface area contributed by atoms with Crippen LogP contribution in [0, 0.1) is 13.8 Å². The summed E-state index contributed by atoms with van der Waals surface area (Å²) >= 11 is 0. The fourth-order valence-electron chi connectivity index (χ4n) is 2.93. The van der Waals surface area contributed by atoms with Gasteiger partial charge in [0, 0.05) is 19.4 Å². The number of nitrogens with zero attached hydrogens (tertiary/aromatic N) is 1. The number of oxazole rings is 1. The zero-order valence-electron chi connectivity index (χ0n) is 16.8. The molecule has 7 heteroatoms. The lowest BCUT2D eigenvalue weighted by Gasteiger charge is -2.12. The van der Waals surface area contributed by atoms with Crippen molar-refractivity contribution in [2.24, 2.45) is 0 Å². The molecule has 3 rings (SSSR count). The minimum atomic E-state index is -0.959. The number of hydrogen-bond acceptors (Lipinski definition) is 6. The largest absolute Gasteiger partial charge is 0.493 e. The van der Waals surface area contributed by atoms with E-state index >= 15 is 0 Å². The number of aromatic nitrogens is 1. The van der Waals surface area contributed by atoms with Gasteiger partial charge in [-0.3, -0.25) is 0 Å². The monoisotopic (exact) mass is 399 g/mol. The van der Waals surface area contributed by atoms with Gasteiger partial charge in [-0.05, 0) is 50.6 Å². The van der Waals surface area contributed by atoms with Crippen molar-refractivity contribution in [3.05, 3.63) is 59.2 Å². The normalized spacial score (nSPS) is 12.1. The van der Waals surface area contributed by atoms with E-state index < -0.39 is 12.1 Å². The van der Waals surface area contributed by atoms with Crippen molar-refractivity contribution in [2.45, 2.75) is 39.7 Å². The van der Waals surface area contributed by atoms with E-state index in [1.54, 1.807) is 6.92 Å². The Bertz CT molecular complexity index is 941. The molecule has 29 heavy (non-hydrogen) atoms. The smallest absolute Gasteiger partial charge is 0.333 e. The molecule has 2 heterocycles. The molecule has 0 aliphatic heterocycles. The number of ether oxygens (including phenoxy) is 2. The first-order valence-electron chi connectivity index (χ1n) is 9.55. The summed E-state index contributed by atoms with van der Waals surface area (Å²) in [5.41, 5.74) is 1.70. The molecule has 1 aromatic carbocycles. The highest BCUT2D eigenvalue weighted by atomic mass is 16.5. The van der Waals surface area contributed by atoms with Crippen LogP contribution >= 0.6 is 0 Å². The lowest BCUT2D eigenvalue weighted by atomic mass is 10.1. The first-order valence-corrected chi connectivity index (χ1v) is 9.55. The molecule has 0 aliphatic rings. The summed E-state index contributed by atoms with van der Waals surface area (Å²) in [6.07, 6.45) is 0.0767. The number of carboxylic acid groups (broad SMARTS) is 1. The van der Waals surface area contributed by atoms with Gasteiger partial charge in [0.15, 0.2) is 11.9 Å². The van der Waals surface area contributed by atoms with Gasteiger partial charge < -0.3 is 23.4 Å². The Hall–Kier alpha value is -3.06. The first-order chi connectivity index (χ1) is 14.0. The second-order valence-electron chi connectivity index (χ2n) is 6.66. The highest BCUT2D eigenvalue weighted by Crippen LogP contribution is 2.24. The van der Waals surface area contributed by atoms with Crippen molar-refractivity contribution in [3.63, 3.8) is 0 Å². The molecule has 0 saturated heterocycles. The summed E-state index contributed by atoms with van der Waals surface area (Å²) in [5, 5.41) is 9.17. The molecule has 0 bridgehead atoms. The maximum Gasteiger partial charge on any atom is 0.333 e. The van der Waals surface area contributed by atoms with Crippen LogP contribution < -0.4 is 4.74 Å². The zero-order valence-corrected chi connectivity index (χ0v) is 16.8. The standard InChI is InChI=1S/C22H25NO6/c1-4-26-20(22(24)25)13-16-6-8-17(9-7-16)27-12-11-18-15(3)29-21(23-18)19-10-5-14(2)28-19/h5-10,20H,4,11-13H2,1-3H3,(H,24,25)/t20-/m0/s1.